The fourth-order valence-corrected chi connectivity index (χ4v) is 1.16. The lowest BCUT2D eigenvalue weighted by molar-refractivity contribution is 0.0936. The molecule has 68 valence electrons. The molecule has 1 N–H and O–H groups in total. The molecule has 0 aliphatic heterocycles. The van der Waals surface area contributed by atoms with Gasteiger partial charge in [-0.2, -0.15) is 14.0 Å². The van der Waals surface area contributed by atoms with Gasteiger partial charge >= 0.3 is 0 Å². The van der Waals surface area contributed by atoms with Crippen LogP contribution in [0.3, 0.4) is 0 Å². The summed E-state index contributed by atoms with van der Waals surface area (Å²) in [4.78, 5) is 11.3. The summed E-state index contributed by atoms with van der Waals surface area (Å²) in [5.74, 6) is -0.281. The standard InChI is InChI=1S/C7H8N4OS/c1-5(2-3-8)10-7(12)6-4-9-13-11-6/h4-5H,2H2,1H3,(H,10,12). The number of amides is 1. The minimum absolute atomic E-state index is 0.154. The van der Waals surface area contributed by atoms with Crippen molar-refractivity contribution in [2.75, 3.05) is 0 Å². The molecule has 0 saturated carbocycles. The van der Waals surface area contributed by atoms with Crippen molar-refractivity contribution in [1.29, 1.82) is 5.26 Å². The summed E-state index contributed by atoms with van der Waals surface area (Å²) in [6, 6.07) is 1.82. The lowest BCUT2D eigenvalue weighted by atomic mass is 10.2. The molecule has 0 radical (unpaired) electrons. The van der Waals surface area contributed by atoms with E-state index in [1.54, 1.807) is 6.92 Å². The molecule has 0 fully saturated rings. The number of hydrogen-bond acceptors (Lipinski definition) is 5. The van der Waals surface area contributed by atoms with E-state index in [4.69, 9.17) is 5.26 Å². The lowest BCUT2D eigenvalue weighted by Gasteiger charge is -2.07. The molecule has 0 aliphatic carbocycles. The molecule has 1 atom stereocenters. The first-order valence-electron chi connectivity index (χ1n) is 3.69. The first-order chi connectivity index (χ1) is 6.24. The van der Waals surface area contributed by atoms with Crippen LogP contribution in [0.25, 0.3) is 0 Å². The molecular formula is C7H8N4OS. The molecular weight excluding hydrogens is 188 g/mol. The van der Waals surface area contributed by atoms with Gasteiger partial charge in [0.1, 0.15) is 0 Å². The van der Waals surface area contributed by atoms with Crippen LogP contribution in [0.5, 0.6) is 0 Å². The summed E-state index contributed by atoms with van der Waals surface area (Å²) in [6.45, 7) is 1.76. The van der Waals surface area contributed by atoms with Crippen molar-refractivity contribution in [2.45, 2.75) is 19.4 Å². The average molecular weight is 196 g/mol. The second-order valence-corrected chi connectivity index (χ2v) is 3.09. The average Bonchev–Trinajstić information content (AvgIpc) is 2.55. The van der Waals surface area contributed by atoms with Gasteiger partial charge in [0.05, 0.1) is 30.4 Å². The summed E-state index contributed by atoms with van der Waals surface area (Å²) in [5.41, 5.74) is 0.301. The van der Waals surface area contributed by atoms with Crippen LogP contribution in [-0.4, -0.2) is 20.7 Å². The summed E-state index contributed by atoms with van der Waals surface area (Å²) in [7, 11) is 0. The third-order valence-electron chi connectivity index (χ3n) is 1.37. The Morgan fingerprint density at radius 3 is 3.23 bits per heavy atom. The highest BCUT2D eigenvalue weighted by Gasteiger charge is 2.11. The summed E-state index contributed by atoms with van der Waals surface area (Å²) < 4.78 is 7.47. The summed E-state index contributed by atoms with van der Waals surface area (Å²) in [5, 5.41) is 11.0. The van der Waals surface area contributed by atoms with E-state index < -0.39 is 0 Å². The smallest absolute Gasteiger partial charge is 0.272 e. The molecule has 1 heterocycles. The van der Waals surface area contributed by atoms with Crippen molar-refractivity contribution in [3.05, 3.63) is 11.9 Å². The number of nitrogens with one attached hydrogen (secondary N) is 1. The molecule has 1 amide bonds. The Balaban J connectivity index is 2.48. The molecule has 6 heteroatoms. The van der Waals surface area contributed by atoms with E-state index >= 15 is 0 Å². The van der Waals surface area contributed by atoms with E-state index in [-0.39, 0.29) is 11.9 Å². The maximum Gasteiger partial charge on any atom is 0.272 e. The van der Waals surface area contributed by atoms with Gasteiger partial charge in [-0.1, -0.05) is 0 Å². The van der Waals surface area contributed by atoms with E-state index in [0.717, 1.165) is 11.7 Å². The Labute approximate surface area is 79.7 Å². The first kappa shape index (κ1) is 9.61. The van der Waals surface area contributed by atoms with Crippen molar-refractivity contribution in [1.82, 2.24) is 14.1 Å². The molecule has 0 aromatic carbocycles. The molecule has 13 heavy (non-hydrogen) atoms. The van der Waals surface area contributed by atoms with E-state index in [1.165, 1.54) is 6.20 Å². The molecule has 1 unspecified atom stereocenters. The molecule has 1 aromatic heterocycles. The highest BCUT2D eigenvalue weighted by atomic mass is 32.1. The Morgan fingerprint density at radius 2 is 2.69 bits per heavy atom. The number of rotatable bonds is 3. The van der Waals surface area contributed by atoms with Gasteiger partial charge < -0.3 is 5.32 Å². The molecule has 0 spiro atoms. The fourth-order valence-electron chi connectivity index (χ4n) is 0.750. The van der Waals surface area contributed by atoms with Gasteiger partial charge in [0.2, 0.25) is 0 Å². The SMILES string of the molecule is CC(CC#N)NC(=O)c1cnsn1. The molecule has 1 aromatic rings. The van der Waals surface area contributed by atoms with Crippen molar-refractivity contribution in [3.63, 3.8) is 0 Å². The third kappa shape index (κ3) is 2.80. The fraction of sp³-hybridized carbons (Fsp3) is 0.429. The lowest BCUT2D eigenvalue weighted by Crippen LogP contribution is -2.32. The van der Waals surface area contributed by atoms with Crippen LogP contribution >= 0.6 is 11.7 Å². The van der Waals surface area contributed by atoms with E-state index in [1.807, 2.05) is 6.07 Å². The molecule has 0 saturated heterocycles. The maximum absolute atomic E-state index is 11.3. The summed E-state index contributed by atoms with van der Waals surface area (Å²) in [6.07, 6.45) is 1.70. The number of aromatic nitrogens is 2. The van der Waals surface area contributed by atoms with Crippen LogP contribution in [-0.2, 0) is 0 Å². The minimum atomic E-state index is -0.281. The van der Waals surface area contributed by atoms with Crippen LogP contribution in [0.2, 0.25) is 0 Å². The zero-order chi connectivity index (χ0) is 9.68. The highest BCUT2D eigenvalue weighted by molar-refractivity contribution is 6.99. The van der Waals surface area contributed by atoms with Crippen molar-refractivity contribution >= 4 is 17.6 Å². The quantitative estimate of drug-likeness (QED) is 0.766. The maximum atomic E-state index is 11.3. The third-order valence-corrected chi connectivity index (χ3v) is 1.85. The molecule has 1 rings (SSSR count). The number of nitriles is 1. The Hall–Kier alpha value is -1.48. The number of nitrogens with zero attached hydrogens (tertiary/aromatic N) is 3. The van der Waals surface area contributed by atoms with E-state index in [9.17, 15) is 4.79 Å². The zero-order valence-electron chi connectivity index (χ0n) is 7.02. The number of carbonyl (C=O) groups excluding carboxylic acids is 1. The predicted octanol–water partition coefficient (Wildman–Crippen LogP) is 0.570. The molecule has 0 aliphatic rings. The van der Waals surface area contributed by atoms with Crippen molar-refractivity contribution < 1.29 is 4.79 Å². The van der Waals surface area contributed by atoms with Crippen LogP contribution < -0.4 is 5.32 Å². The van der Waals surface area contributed by atoms with Crippen LogP contribution in [0, 0.1) is 11.3 Å². The van der Waals surface area contributed by atoms with Gasteiger partial charge in [-0.15, -0.1) is 0 Å². The summed E-state index contributed by atoms with van der Waals surface area (Å²) >= 11 is 0.983. The van der Waals surface area contributed by atoms with Gasteiger partial charge in [-0.3, -0.25) is 4.79 Å². The minimum Gasteiger partial charge on any atom is -0.347 e. The van der Waals surface area contributed by atoms with Crippen molar-refractivity contribution in [2.24, 2.45) is 0 Å². The zero-order valence-corrected chi connectivity index (χ0v) is 7.84. The van der Waals surface area contributed by atoms with Gasteiger partial charge in [-0.25, -0.2) is 0 Å². The van der Waals surface area contributed by atoms with Crippen molar-refractivity contribution in [3.8, 4) is 6.07 Å². The molecule has 5 nitrogen and oxygen atoms in total. The monoisotopic (exact) mass is 196 g/mol. The van der Waals surface area contributed by atoms with Gasteiger partial charge in [0.15, 0.2) is 5.69 Å². The largest absolute Gasteiger partial charge is 0.347 e. The topological polar surface area (TPSA) is 78.7 Å². The normalized spacial score (nSPS) is 11.7. The molecule has 0 bridgehead atoms. The number of hydrogen-bond donors (Lipinski definition) is 1. The first-order valence-corrected chi connectivity index (χ1v) is 4.42. The van der Waals surface area contributed by atoms with Crippen LogP contribution in [0.15, 0.2) is 6.20 Å². The van der Waals surface area contributed by atoms with Gasteiger partial charge in [0, 0.05) is 6.04 Å². The Morgan fingerprint density at radius 1 is 1.92 bits per heavy atom. The van der Waals surface area contributed by atoms with Gasteiger partial charge in [0.25, 0.3) is 5.91 Å². The van der Waals surface area contributed by atoms with E-state index in [0.29, 0.717) is 12.1 Å². The second kappa shape index (κ2) is 4.52. The Kier molecular flexibility index (Phi) is 3.34. The number of carbonyl (C=O) groups is 1. The predicted molar refractivity (Wildman–Crippen MR) is 47.1 cm³/mol. The Bertz CT molecular complexity index is 316. The van der Waals surface area contributed by atoms with E-state index in [2.05, 4.69) is 14.1 Å². The highest BCUT2D eigenvalue weighted by Crippen LogP contribution is 1.96. The van der Waals surface area contributed by atoms with Crippen LogP contribution in [0.4, 0.5) is 0 Å². The van der Waals surface area contributed by atoms with Gasteiger partial charge in [-0.05, 0) is 6.92 Å². The second-order valence-electron chi connectivity index (χ2n) is 2.53. The van der Waals surface area contributed by atoms with Crippen LogP contribution in [0.1, 0.15) is 23.8 Å².